The van der Waals surface area contributed by atoms with E-state index in [2.05, 4.69) is 20.3 Å². The maximum atomic E-state index is 13.6. The van der Waals surface area contributed by atoms with Gasteiger partial charge in [0.2, 0.25) is 10.0 Å². The summed E-state index contributed by atoms with van der Waals surface area (Å²) in [5.74, 6) is -0.456. The number of hydrogen-bond donors (Lipinski definition) is 3. The number of nitrogens with one attached hydrogen (secondary N) is 3. The third kappa shape index (κ3) is 9.80. The molecule has 0 spiro atoms. The standard InChI is InChI=1S/C39H46N6O5S/c1-26-21-27(2)36(28(3)22-26)51(48,49)44-33(38(47)50-39(4,5)6)24-42-37(46)30-17-18-31-32(15-12-20-41-35-16-10-11-19-40-35)43-45(34(31)23-30)25-29-13-8-7-9-14-29/h7-11,13-14,16-19,21-23,33,44H,12,15,20,24-25H2,1-6H3,(H,40,41)(H,42,46)/t33-/m0/s1. The zero-order chi connectivity index (χ0) is 36.8. The number of aromatic nitrogens is 3. The van der Waals surface area contributed by atoms with Gasteiger partial charge in [0.1, 0.15) is 17.5 Å². The number of carbonyl (C=O) groups excluding carboxylic acids is 2. The first-order chi connectivity index (χ1) is 24.2. The van der Waals surface area contributed by atoms with E-state index in [0.717, 1.165) is 46.5 Å². The number of esters is 1. The molecule has 268 valence electrons. The first-order valence-corrected chi connectivity index (χ1v) is 18.5. The molecule has 0 aliphatic heterocycles. The molecule has 5 rings (SSSR count). The van der Waals surface area contributed by atoms with Crippen LogP contribution in [0.4, 0.5) is 5.82 Å². The highest BCUT2D eigenvalue weighted by molar-refractivity contribution is 7.89. The van der Waals surface area contributed by atoms with Gasteiger partial charge in [0.15, 0.2) is 0 Å². The van der Waals surface area contributed by atoms with Gasteiger partial charge < -0.3 is 15.4 Å². The molecule has 1 atom stereocenters. The molecule has 0 saturated heterocycles. The second-order valence-electron chi connectivity index (χ2n) is 13.7. The summed E-state index contributed by atoms with van der Waals surface area (Å²) in [6.45, 7) is 11.3. The summed E-state index contributed by atoms with van der Waals surface area (Å²) < 4.78 is 37.2. The normalized spacial score (nSPS) is 12.4. The highest BCUT2D eigenvalue weighted by Gasteiger charge is 2.32. The monoisotopic (exact) mass is 710 g/mol. The number of nitrogens with zero attached hydrogens (tertiary/aromatic N) is 3. The molecule has 0 fully saturated rings. The van der Waals surface area contributed by atoms with Crippen LogP contribution in [0, 0.1) is 20.8 Å². The van der Waals surface area contributed by atoms with Crippen molar-refractivity contribution < 1.29 is 22.7 Å². The van der Waals surface area contributed by atoms with E-state index >= 15 is 0 Å². The van der Waals surface area contributed by atoms with Crippen LogP contribution in [0.2, 0.25) is 0 Å². The molecule has 1 amide bonds. The SMILES string of the molecule is Cc1cc(C)c(S(=O)(=O)N[C@@H](CNC(=O)c2ccc3c(CCCNc4ccccn4)nn(Cc4ccccc4)c3c2)C(=O)OC(C)(C)C)c(C)c1. The number of sulfonamides is 1. The third-order valence-electron chi connectivity index (χ3n) is 8.16. The molecular formula is C39H46N6O5S. The quantitative estimate of drug-likeness (QED) is 0.0960. The smallest absolute Gasteiger partial charge is 0.326 e. The van der Waals surface area contributed by atoms with Gasteiger partial charge in [-0.15, -0.1) is 0 Å². The number of rotatable bonds is 14. The minimum Gasteiger partial charge on any atom is -0.459 e. The molecule has 0 radical (unpaired) electrons. The molecular weight excluding hydrogens is 665 g/mol. The number of amides is 1. The van der Waals surface area contributed by atoms with Crippen LogP contribution in [0.15, 0.2) is 90.0 Å². The molecule has 0 saturated carbocycles. The van der Waals surface area contributed by atoms with Crippen LogP contribution in [-0.2, 0) is 32.5 Å². The zero-order valence-corrected chi connectivity index (χ0v) is 30.8. The maximum Gasteiger partial charge on any atom is 0.326 e. The van der Waals surface area contributed by atoms with Gasteiger partial charge >= 0.3 is 5.97 Å². The van der Waals surface area contributed by atoms with Gasteiger partial charge in [0.25, 0.3) is 5.91 Å². The van der Waals surface area contributed by atoms with Crippen molar-refractivity contribution in [2.45, 2.75) is 77.5 Å². The molecule has 2 aromatic heterocycles. The Balaban J connectivity index is 1.37. The van der Waals surface area contributed by atoms with E-state index in [9.17, 15) is 18.0 Å². The van der Waals surface area contributed by atoms with E-state index in [1.807, 2.05) is 66.2 Å². The highest BCUT2D eigenvalue weighted by atomic mass is 32.2. The fourth-order valence-electron chi connectivity index (χ4n) is 6.06. The number of hydrogen-bond acceptors (Lipinski definition) is 8. The van der Waals surface area contributed by atoms with Crippen LogP contribution in [0.5, 0.6) is 0 Å². The summed E-state index contributed by atoms with van der Waals surface area (Å²) in [5, 5.41) is 12.0. The van der Waals surface area contributed by atoms with Crippen molar-refractivity contribution >= 4 is 38.6 Å². The Bertz CT molecular complexity index is 2090. The fourth-order valence-corrected chi connectivity index (χ4v) is 7.70. The Kier molecular flexibility index (Phi) is 11.6. The number of pyridine rings is 1. The van der Waals surface area contributed by atoms with Crippen LogP contribution in [0.25, 0.3) is 10.9 Å². The van der Waals surface area contributed by atoms with Gasteiger partial charge in [-0.25, -0.2) is 13.4 Å². The number of anilines is 1. The van der Waals surface area contributed by atoms with E-state index in [4.69, 9.17) is 9.84 Å². The minimum absolute atomic E-state index is 0.0911. The molecule has 51 heavy (non-hydrogen) atoms. The lowest BCUT2D eigenvalue weighted by Crippen LogP contribution is -2.50. The molecule has 0 aliphatic rings. The number of fused-ring (bicyclic) bond motifs is 1. The van der Waals surface area contributed by atoms with Gasteiger partial charge in [0.05, 0.1) is 22.7 Å². The van der Waals surface area contributed by atoms with Crippen molar-refractivity contribution in [3.8, 4) is 0 Å². The molecule has 0 unspecified atom stereocenters. The maximum absolute atomic E-state index is 13.6. The van der Waals surface area contributed by atoms with Crippen LogP contribution in [-0.4, -0.2) is 59.8 Å². The van der Waals surface area contributed by atoms with E-state index in [1.54, 1.807) is 65.1 Å². The summed E-state index contributed by atoms with van der Waals surface area (Å²) >= 11 is 0. The zero-order valence-electron chi connectivity index (χ0n) is 30.0. The molecule has 12 heteroatoms. The summed E-state index contributed by atoms with van der Waals surface area (Å²) in [7, 11) is -4.16. The first kappa shape index (κ1) is 37.2. The van der Waals surface area contributed by atoms with E-state index in [1.165, 1.54) is 0 Å². The van der Waals surface area contributed by atoms with Crippen LogP contribution in [0.3, 0.4) is 0 Å². The Morgan fingerprint density at radius 3 is 2.29 bits per heavy atom. The fraction of sp³-hybridized carbons (Fsp3) is 0.333. The Morgan fingerprint density at radius 2 is 1.63 bits per heavy atom. The molecule has 3 aromatic carbocycles. The van der Waals surface area contributed by atoms with E-state index < -0.39 is 33.5 Å². The average Bonchev–Trinajstić information content (AvgIpc) is 3.40. The summed E-state index contributed by atoms with van der Waals surface area (Å²) in [6, 6.07) is 23.2. The van der Waals surface area contributed by atoms with Crippen molar-refractivity contribution in [1.29, 1.82) is 0 Å². The topological polar surface area (TPSA) is 144 Å². The molecule has 5 aromatic rings. The van der Waals surface area contributed by atoms with Crippen LogP contribution >= 0.6 is 0 Å². The van der Waals surface area contributed by atoms with Gasteiger partial charge in [-0.05, 0) is 95.3 Å². The summed E-state index contributed by atoms with van der Waals surface area (Å²) in [4.78, 5) is 31.3. The molecule has 0 bridgehead atoms. The second kappa shape index (κ2) is 15.9. The van der Waals surface area contributed by atoms with Gasteiger partial charge in [0, 0.05) is 30.2 Å². The Labute approximate surface area is 299 Å². The Morgan fingerprint density at radius 1 is 0.922 bits per heavy atom. The molecule has 0 aliphatic carbocycles. The van der Waals surface area contributed by atoms with Crippen molar-refractivity contribution in [1.82, 2.24) is 24.8 Å². The number of ether oxygens (including phenoxy) is 1. The van der Waals surface area contributed by atoms with E-state index in [0.29, 0.717) is 29.7 Å². The van der Waals surface area contributed by atoms with Crippen molar-refractivity contribution in [3.63, 3.8) is 0 Å². The second-order valence-corrected chi connectivity index (χ2v) is 15.4. The summed E-state index contributed by atoms with van der Waals surface area (Å²) in [5.41, 5.74) is 4.25. The van der Waals surface area contributed by atoms with E-state index in [-0.39, 0.29) is 11.4 Å². The summed E-state index contributed by atoms with van der Waals surface area (Å²) in [6.07, 6.45) is 3.28. The largest absolute Gasteiger partial charge is 0.459 e. The van der Waals surface area contributed by atoms with Gasteiger partial charge in [-0.1, -0.05) is 60.2 Å². The minimum atomic E-state index is -4.16. The lowest BCUT2D eigenvalue weighted by Gasteiger charge is -2.25. The van der Waals surface area contributed by atoms with Crippen molar-refractivity contribution in [3.05, 3.63) is 119 Å². The molecule has 11 nitrogen and oxygen atoms in total. The first-order valence-electron chi connectivity index (χ1n) is 17.0. The van der Waals surface area contributed by atoms with Crippen molar-refractivity contribution in [2.24, 2.45) is 0 Å². The molecule has 2 heterocycles. The van der Waals surface area contributed by atoms with Crippen LogP contribution < -0.4 is 15.4 Å². The number of benzene rings is 3. The lowest BCUT2D eigenvalue weighted by molar-refractivity contribution is -0.156. The van der Waals surface area contributed by atoms with Gasteiger partial charge in [-0.2, -0.15) is 9.82 Å². The lowest BCUT2D eigenvalue weighted by atomic mass is 10.1. The molecule has 3 N–H and O–H groups in total. The predicted molar refractivity (Wildman–Crippen MR) is 199 cm³/mol. The number of aryl methyl sites for hydroxylation is 4. The third-order valence-corrected chi connectivity index (χ3v) is 9.93. The number of carbonyl (C=O) groups is 2. The van der Waals surface area contributed by atoms with Crippen LogP contribution in [0.1, 0.15) is 65.5 Å². The van der Waals surface area contributed by atoms with Crippen molar-refractivity contribution in [2.75, 3.05) is 18.4 Å². The average molecular weight is 711 g/mol. The predicted octanol–water partition coefficient (Wildman–Crippen LogP) is 5.87. The Hall–Kier alpha value is -5.07. The highest BCUT2D eigenvalue weighted by Crippen LogP contribution is 2.24. The van der Waals surface area contributed by atoms with Gasteiger partial charge in [-0.3, -0.25) is 14.3 Å².